The van der Waals surface area contributed by atoms with Crippen LogP contribution in [0.2, 0.25) is 0 Å². The first-order chi connectivity index (χ1) is 12.3. The normalized spacial score (nSPS) is 18.2. The van der Waals surface area contributed by atoms with E-state index in [9.17, 15) is 13.2 Å². The molecule has 1 atom stereocenters. The van der Waals surface area contributed by atoms with E-state index in [1.54, 1.807) is 12.1 Å². The minimum Gasteiger partial charge on any atom is -0.493 e. The Morgan fingerprint density at radius 1 is 1.19 bits per heavy atom. The molecule has 0 radical (unpaired) electrons. The molecule has 1 aromatic rings. The number of rotatable bonds is 7. The summed E-state index contributed by atoms with van der Waals surface area (Å²) in [6.07, 6.45) is 2.51. The molecule has 1 heterocycles. The van der Waals surface area contributed by atoms with Gasteiger partial charge in [-0.05, 0) is 25.0 Å². The van der Waals surface area contributed by atoms with Crippen LogP contribution in [-0.2, 0) is 21.4 Å². The van der Waals surface area contributed by atoms with Gasteiger partial charge in [-0.3, -0.25) is 4.79 Å². The van der Waals surface area contributed by atoms with Crippen LogP contribution < -0.4 is 19.5 Å². The van der Waals surface area contributed by atoms with Gasteiger partial charge in [0.25, 0.3) is 0 Å². The van der Waals surface area contributed by atoms with Gasteiger partial charge < -0.3 is 19.5 Å². The van der Waals surface area contributed by atoms with Crippen molar-refractivity contribution < 1.29 is 27.4 Å². The Labute approximate surface area is 154 Å². The number of hydrogen-bond acceptors (Lipinski definition) is 6. The molecule has 146 valence electrons. The number of benzene rings is 1. The molecule has 26 heavy (non-hydrogen) atoms. The van der Waals surface area contributed by atoms with Gasteiger partial charge in [-0.1, -0.05) is 0 Å². The summed E-state index contributed by atoms with van der Waals surface area (Å²) >= 11 is 0. The lowest BCUT2D eigenvalue weighted by Gasteiger charge is -2.30. The SMILES string of the molecule is COc1ccc(CNC(=O)C2CCCN(S(C)(=O)=O)C2)c(OC)c1OC. The number of amides is 1. The smallest absolute Gasteiger partial charge is 0.224 e. The Kier molecular flexibility index (Phi) is 6.71. The third kappa shape index (κ3) is 4.59. The maximum atomic E-state index is 12.5. The Morgan fingerprint density at radius 2 is 1.88 bits per heavy atom. The number of piperidine rings is 1. The quantitative estimate of drug-likeness (QED) is 0.751. The van der Waals surface area contributed by atoms with Crippen LogP contribution in [0, 0.1) is 5.92 Å². The zero-order valence-electron chi connectivity index (χ0n) is 15.6. The minimum atomic E-state index is -3.28. The average molecular weight is 386 g/mol. The Bertz CT molecular complexity index is 750. The number of sulfonamides is 1. The maximum Gasteiger partial charge on any atom is 0.224 e. The van der Waals surface area contributed by atoms with Crippen molar-refractivity contribution in [3.8, 4) is 17.2 Å². The summed E-state index contributed by atoms with van der Waals surface area (Å²) in [5.74, 6) is 0.964. The van der Waals surface area contributed by atoms with Crippen LogP contribution >= 0.6 is 0 Å². The van der Waals surface area contributed by atoms with Gasteiger partial charge in [-0.15, -0.1) is 0 Å². The van der Waals surface area contributed by atoms with E-state index < -0.39 is 10.0 Å². The van der Waals surface area contributed by atoms with E-state index in [1.807, 2.05) is 0 Å². The van der Waals surface area contributed by atoms with Crippen LogP contribution in [0.25, 0.3) is 0 Å². The topological polar surface area (TPSA) is 94.2 Å². The van der Waals surface area contributed by atoms with E-state index in [2.05, 4.69) is 5.32 Å². The third-order valence-electron chi connectivity index (χ3n) is 4.46. The van der Waals surface area contributed by atoms with Crippen LogP contribution in [0.4, 0.5) is 0 Å². The van der Waals surface area contributed by atoms with Gasteiger partial charge in [-0.2, -0.15) is 0 Å². The van der Waals surface area contributed by atoms with Gasteiger partial charge in [0.05, 0.1) is 33.5 Å². The molecule has 0 aromatic heterocycles. The van der Waals surface area contributed by atoms with Gasteiger partial charge >= 0.3 is 0 Å². The number of hydrogen-bond donors (Lipinski definition) is 1. The molecule has 8 nitrogen and oxygen atoms in total. The summed E-state index contributed by atoms with van der Waals surface area (Å²) in [5.41, 5.74) is 0.745. The number of methoxy groups -OCH3 is 3. The summed E-state index contributed by atoms with van der Waals surface area (Å²) in [6, 6.07) is 3.54. The minimum absolute atomic E-state index is 0.171. The molecule has 1 aliphatic rings. The van der Waals surface area contributed by atoms with Crippen molar-refractivity contribution in [1.82, 2.24) is 9.62 Å². The van der Waals surface area contributed by atoms with Crippen molar-refractivity contribution in [2.24, 2.45) is 5.92 Å². The van der Waals surface area contributed by atoms with Crippen LogP contribution in [0.3, 0.4) is 0 Å². The summed E-state index contributed by atoms with van der Waals surface area (Å²) in [4.78, 5) is 12.5. The molecule has 1 fully saturated rings. The second-order valence-corrected chi connectivity index (χ2v) is 8.15. The zero-order chi connectivity index (χ0) is 19.3. The van der Waals surface area contributed by atoms with Crippen LogP contribution in [0.1, 0.15) is 18.4 Å². The van der Waals surface area contributed by atoms with Gasteiger partial charge in [0.2, 0.25) is 21.7 Å². The average Bonchev–Trinajstić information content (AvgIpc) is 2.64. The summed E-state index contributed by atoms with van der Waals surface area (Å²) in [5, 5.41) is 2.87. The highest BCUT2D eigenvalue weighted by atomic mass is 32.2. The van der Waals surface area contributed by atoms with Crippen molar-refractivity contribution in [1.29, 1.82) is 0 Å². The second-order valence-electron chi connectivity index (χ2n) is 6.17. The molecule has 9 heteroatoms. The Morgan fingerprint density at radius 3 is 2.46 bits per heavy atom. The number of carbonyl (C=O) groups is 1. The van der Waals surface area contributed by atoms with Gasteiger partial charge in [0.1, 0.15) is 0 Å². The molecule has 1 aromatic carbocycles. The maximum absolute atomic E-state index is 12.5. The summed E-state index contributed by atoms with van der Waals surface area (Å²) in [6.45, 7) is 0.928. The third-order valence-corrected chi connectivity index (χ3v) is 5.73. The fourth-order valence-corrected chi connectivity index (χ4v) is 4.00. The van der Waals surface area contributed by atoms with Gasteiger partial charge in [0, 0.05) is 25.2 Å². The standard InChI is InChI=1S/C17H26N2O6S/c1-23-14-8-7-12(15(24-2)16(14)25-3)10-18-17(20)13-6-5-9-19(11-13)26(4,21)22/h7-8,13H,5-6,9-11H2,1-4H3,(H,18,20). The van der Waals surface area contributed by atoms with Crippen molar-refractivity contribution in [2.45, 2.75) is 19.4 Å². The van der Waals surface area contributed by atoms with Gasteiger partial charge in [-0.25, -0.2) is 12.7 Å². The lowest BCUT2D eigenvalue weighted by Crippen LogP contribution is -2.44. The highest BCUT2D eigenvalue weighted by Gasteiger charge is 2.30. The fourth-order valence-electron chi connectivity index (χ4n) is 3.09. The lowest BCUT2D eigenvalue weighted by atomic mass is 9.98. The number of nitrogens with zero attached hydrogens (tertiary/aromatic N) is 1. The van der Waals surface area contributed by atoms with E-state index in [4.69, 9.17) is 14.2 Å². The van der Waals surface area contributed by atoms with Crippen LogP contribution in [-0.4, -0.2) is 59.3 Å². The lowest BCUT2D eigenvalue weighted by molar-refractivity contribution is -0.126. The number of carbonyl (C=O) groups excluding carboxylic acids is 1. The van der Waals surface area contributed by atoms with E-state index >= 15 is 0 Å². The number of ether oxygens (including phenoxy) is 3. The van der Waals surface area contributed by atoms with Crippen molar-refractivity contribution in [3.63, 3.8) is 0 Å². The molecule has 0 aliphatic carbocycles. The van der Waals surface area contributed by atoms with E-state index in [0.717, 1.165) is 5.56 Å². The first-order valence-corrected chi connectivity index (χ1v) is 10.2. The highest BCUT2D eigenvalue weighted by molar-refractivity contribution is 7.88. The molecule has 1 aliphatic heterocycles. The molecule has 0 spiro atoms. The molecule has 1 amide bonds. The number of nitrogens with one attached hydrogen (secondary N) is 1. The van der Waals surface area contributed by atoms with Crippen molar-refractivity contribution in [3.05, 3.63) is 17.7 Å². The van der Waals surface area contributed by atoms with E-state index in [-0.39, 0.29) is 24.9 Å². The molecular formula is C17H26N2O6S. The van der Waals surface area contributed by atoms with Crippen LogP contribution in [0.5, 0.6) is 17.2 Å². The zero-order valence-corrected chi connectivity index (χ0v) is 16.4. The molecule has 2 rings (SSSR count). The fraction of sp³-hybridized carbons (Fsp3) is 0.588. The Hall–Kier alpha value is -2.00. The van der Waals surface area contributed by atoms with Crippen molar-refractivity contribution in [2.75, 3.05) is 40.7 Å². The summed E-state index contributed by atoms with van der Waals surface area (Å²) < 4.78 is 40.7. The second kappa shape index (κ2) is 8.59. The van der Waals surface area contributed by atoms with Crippen LogP contribution in [0.15, 0.2) is 12.1 Å². The summed E-state index contributed by atoms with van der Waals surface area (Å²) in [7, 11) is 1.29. The predicted octanol–water partition coefficient (Wildman–Crippen LogP) is 1.00. The van der Waals surface area contributed by atoms with Crippen molar-refractivity contribution >= 4 is 15.9 Å². The predicted molar refractivity (Wildman–Crippen MR) is 97.1 cm³/mol. The molecule has 1 saturated heterocycles. The molecule has 1 N–H and O–H groups in total. The molecule has 1 unspecified atom stereocenters. The van der Waals surface area contributed by atoms with Gasteiger partial charge in [0.15, 0.2) is 11.5 Å². The Balaban J connectivity index is 2.07. The first-order valence-electron chi connectivity index (χ1n) is 8.32. The molecular weight excluding hydrogens is 360 g/mol. The molecule has 0 bridgehead atoms. The monoisotopic (exact) mass is 386 g/mol. The first kappa shape index (κ1) is 20.3. The van der Waals surface area contributed by atoms with E-state index in [1.165, 1.54) is 31.9 Å². The van der Waals surface area contributed by atoms with E-state index in [0.29, 0.717) is 36.6 Å². The molecule has 0 saturated carbocycles. The highest BCUT2D eigenvalue weighted by Crippen LogP contribution is 2.39. The largest absolute Gasteiger partial charge is 0.493 e.